The van der Waals surface area contributed by atoms with E-state index in [4.69, 9.17) is 16.3 Å². The smallest absolute Gasteiger partial charge is 0.423 e. The van der Waals surface area contributed by atoms with E-state index < -0.39 is 6.09 Å². The zero-order valence-electron chi connectivity index (χ0n) is 10.6. The first-order valence-electron chi connectivity index (χ1n) is 5.75. The Hall–Kier alpha value is -1.85. The van der Waals surface area contributed by atoms with Crippen molar-refractivity contribution in [1.82, 2.24) is 4.72 Å². The summed E-state index contributed by atoms with van der Waals surface area (Å²) >= 11 is 6.98. The van der Waals surface area contributed by atoms with Gasteiger partial charge in [0.15, 0.2) is 11.5 Å². The van der Waals surface area contributed by atoms with Gasteiger partial charge in [0, 0.05) is 9.92 Å². The summed E-state index contributed by atoms with van der Waals surface area (Å²) in [5.74, 6) is 0.0220. The Balaban J connectivity index is 1.94. The lowest BCUT2D eigenvalue weighted by Crippen LogP contribution is -2.20. The molecule has 0 aliphatic rings. The van der Waals surface area contributed by atoms with Crippen molar-refractivity contribution in [3.8, 4) is 11.5 Å². The Bertz CT molecular complexity index is 634. The van der Waals surface area contributed by atoms with Crippen LogP contribution in [0.15, 0.2) is 47.4 Å². The lowest BCUT2D eigenvalue weighted by atomic mass is 10.2. The van der Waals surface area contributed by atoms with Crippen molar-refractivity contribution >= 4 is 29.6 Å². The maximum Gasteiger partial charge on any atom is 0.423 e. The number of halogens is 1. The van der Waals surface area contributed by atoms with Gasteiger partial charge < -0.3 is 9.84 Å². The second kappa shape index (κ2) is 6.54. The highest BCUT2D eigenvalue weighted by atomic mass is 35.5. The van der Waals surface area contributed by atoms with Crippen LogP contribution >= 0.6 is 23.5 Å². The van der Waals surface area contributed by atoms with Crippen molar-refractivity contribution in [1.29, 1.82) is 0 Å². The maximum absolute atomic E-state index is 11.6. The molecular weight excluding hydrogens is 298 g/mol. The van der Waals surface area contributed by atoms with Gasteiger partial charge in [0.2, 0.25) is 0 Å². The van der Waals surface area contributed by atoms with E-state index in [9.17, 15) is 9.90 Å². The van der Waals surface area contributed by atoms with E-state index in [0.29, 0.717) is 5.02 Å². The molecule has 20 heavy (non-hydrogen) atoms. The number of hydrogen-bond donors (Lipinski definition) is 2. The van der Waals surface area contributed by atoms with Crippen molar-refractivity contribution in [2.75, 3.05) is 0 Å². The van der Waals surface area contributed by atoms with Crippen LogP contribution in [0.5, 0.6) is 11.5 Å². The van der Waals surface area contributed by atoms with Gasteiger partial charge in [-0.15, -0.1) is 0 Å². The second-order valence-electron chi connectivity index (χ2n) is 3.97. The summed E-state index contributed by atoms with van der Waals surface area (Å²) in [5, 5.41) is 10.1. The molecule has 0 aliphatic carbocycles. The molecule has 0 heterocycles. The Morgan fingerprint density at radius 1 is 1.30 bits per heavy atom. The fourth-order valence-electron chi connectivity index (χ4n) is 1.49. The van der Waals surface area contributed by atoms with E-state index in [1.165, 1.54) is 12.1 Å². The number of aromatic hydroxyl groups is 1. The number of carbonyl (C=O) groups is 1. The van der Waals surface area contributed by atoms with E-state index in [1.54, 1.807) is 24.3 Å². The largest absolute Gasteiger partial charge is 0.504 e. The minimum Gasteiger partial charge on any atom is -0.504 e. The predicted molar refractivity (Wildman–Crippen MR) is 79.3 cm³/mol. The predicted octanol–water partition coefficient (Wildman–Crippen LogP) is 4.15. The zero-order chi connectivity index (χ0) is 14.5. The Morgan fingerprint density at radius 3 is 2.75 bits per heavy atom. The minimum absolute atomic E-state index is 0.0877. The summed E-state index contributed by atoms with van der Waals surface area (Å²) in [5.41, 5.74) is 0.949. The Morgan fingerprint density at radius 2 is 2.05 bits per heavy atom. The number of amides is 1. The average molecular weight is 310 g/mol. The molecule has 0 radical (unpaired) electrons. The molecule has 0 aliphatic heterocycles. The summed E-state index contributed by atoms with van der Waals surface area (Å²) in [6.07, 6.45) is -0.661. The van der Waals surface area contributed by atoms with E-state index in [-0.39, 0.29) is 11.5 Å². The van der Waals surface area contributed by atoms with Crippen LogP contribution in [0.4, 0.5) is 4.79 Å². The van der Waals surface area contributed by atoms with Crippen molar-refractivity contribution in [2.24, 2.45) is 0 Å². The monoisotopic (exact) mass is 309 g/mol. The third-order valence-electron chi connectivity index (χ3n) is 2.45. The number of para-hydroxylation sites is 2. The normalized spacial score (nSPS) is 10.1. The van der Waals surface area contributed by atoms with Crippen molar-refractivity contribution < 1.29 is 14.6 Å². The van der Waals surface area contributed by atoms with E-state index in [2.05, 4.69) is 4.72 Å². The van der Waals surface area contributed by atoms with Gasteiger partial charge in [-0.05, 0) is 54.8 Å². The molecule has 6 heteroatoms. The van der Waals surface area contributed by atoms with Gasteiger partial charge in [-0.2, -0.15) is 0 Å². The summed E-state index contributed by atoms with van der Waals surface area (Å²) in [6, 6.07) is 11.6. The van der Waals surface area contributed by atoms with Gasteiger partial charge in [-0.3, -0.25) is 4.72 Å². The lowest BCUT2D eigenvalue weighted by Gasteiger charge is -2.08. The summed E-state index contributed by atoms with van der Waals surface area (Å²) in [7, 11) is 0. The van der Waals surface area contributed by atoms with Gasteiger partial charge >= 0.3 is 6.09 Å². The molecule has 0 unspecified atom stereocenters. The number of nitrogens with one attached hydrogen (secondary N) is 1. The maximum atomic E-state index is 11.6. The number of hydrogen-bond acceptors (Lipinski definition) is 4. The first-order valence-corrected chi connectivity index (χ1v) is 6.94. The van der Waals surface area contributed by atoms with Gasteiger partial charge in [-0.25, -0.2) is 4.79 Å². The molecule has 0 bridgehead atoms. The van der Waals surface area contributed by atoms with Crippen molar-refractivity contribution in [2.45, 2.75) is 11.8 Å². The van der Waals surface area contributed by atoms with Gasteiger partial charge in [0.05, 0.1) is 0 Å². The topological polar surface area (TPSA) is 58.6 Å². The average Bonchev–Trinajstić information content (AvgIpc) is 2.40. The summed E-state index contributed by atoms with van der Waals surface area (Å²) in [6.45, 7) is 1.89. The number of rotatable bonds is 3. The summed E-state index contributed by atoms with van der Waals surface area (Å²) < 4.78 is 7.52. The van der Waals surface area contributed by atoms with Crippen molar-refractivity contribution in [3.63, 3.8) is 0 Å². The van der Waals surface area contributed by atoms with Gasteiger partial charge in [-0.1, -0.05) is 23.7 Å². The molecule has 104 valence electrons. The molecule has 4 nitrogen and oxygen atoms in total. The quantitative estimate of drug-likeness (QED) is 0.836. The SMILES string of the molecule is Cc1cc(Cl)ccc1SNC(=O)Oc1ccccc1O. The Labute approximate surface area is 125 Å². The number of phenols is 1. The lowest BCUT2D eigenvalue weighted by molar-refractivity contribution is 0.205. The van der Waals surface area contributed by atoms with Crippen LogP contribution < -0.4 is 9.46 Å². The number of benzene rings is 2. The highest BCUT2D eigenvalue weighted by Gasteiger charge is 2.09. The molecule has 0 fully saturated rings. The summed E-state index contributed by atoms with van der Waals surface area (Å²) in [4.78, 5) is 12.5. The highest BCUT2D eigenvalue weighted by Crippen LogP contribution is 2.26. The fourth-order valence-corrected chi connectivity index (χ4v) is 2.31. The number of carbonyl (C=O) groups excluding carboxylic acids is 1. The van der Waals surface area contributed by atoms with Crippen LogP contribution in [0.25, 0.3) is 0 Å². The molecule has 2 N–H and O–H groups in total. The van der Waals surface area contributed by atoms with Crippen LogP contribution in [-0.4, -0.2) is 11.2 Å². The van der Waals surface area contributed by atoms with Crippen molar-refractivity contribution in [3.05, 3.63) is 53.1 Å². The molecule has 1 amide bonds. The van der Waals surface area contributed by atoms with E-state index in [1.807, 2.05) is 13.0 Å². The zero-order valence-corrected chi connectivity index (χ0v) is 12.2. The van der Waals surface area contributed by atoms with E-state index in [0.717, 1.165) is 22.4 Å². The molecule has 0 saturated carbocycles. The number of aryl methyl sites for hydroxylation is 1. The Kier molecular flexibility index (Phi) is 4.76. The molecular formula is C14H12ClNO3S. The molecule has 2 aromatic rings. The van der Waals surface area contributed by atoms with Gasteiger partial charge in [0.1, 0.15) is 0 Å². The molecule has 2 aromatic carbocycles. The van der Waals surface area contributed by atoms with Crippen LogP contribution in [-0.2, 0) is 0 Å². The van der Waals surface area contributed by atoms with Gasteiger partial charge in [0.25, 0.3) is 0 Å². The first-order chi connectivity index (χ1) is 9.56. The second-order valence-corrected chi connectivity index (χ2v) is 5.26. The van der Waals surface area contributed by atoms with Crippen LogP contribution in [0.2, 0.25) is 5.02 Å². The van der Waals surface area contributed by atoms with Crippen LogP contribution in [0.3, 0.4) is 0 Å². The minimum atomic E-state index is -0.661. The number of ether oxygens (including phenoxy) is 1. The molecule has 0 atom stereocenters. The van der Waals surface area contributed by atoms with Crippen LogP contribution in [0.1, 0.15) is 5.56 Å². The molecule has 0 aromatic heterocycles. The number of phenolic OH excluding ortho intramolecular Hbond substituents is 1. The first kappa shape index (κ1) is 14.6. The highest BCUT2D eigenvalue weighted by molar-refractivity contribution is 7.98. The van der Waals surface area contributed by atoms with Crippen LogP contribution in [0, 0.1) is 6.92 Å². The standard InChI is InChI=1S/C14H12ClNO3S/c1-9-8-10(15)6-7-13(9)20-16-14(18)19-12-5-3-2-4-11(12)17/h2-8,17H,1H3,(H,16,18). The fraction of sp³-hybridized carbons (Fsp3) is 0.0714. The molecule has 0 saturated heterocycles. The third kappa shape index (κ3) is 3.82. The molecule has 0 spiro atoms. The third-order valence-corrected chi connectivity index (χ3v) is 3.63. The molecule has 2 rings (SSSR count). The van der Waals surface area contributed by atoms with E-state index >= 15 is 0 Å².